The molecule has 1 aromatic rings. The van der Waals surface area contributed by atoms with Gasteiger partial charge >= 0.3 is 5.97 Å². The molecule has 1 rings (SSSR count). The lowest BCUT2D eigenvalue weighted by Crippen LogP contribution is -2.51. The van der Waals surface area contributed by atoms with E-state index in [-0.39, 0.29) is 11.4 Å². The lowest BCUT2D eigenvalue weighted by molar-refractivity contribution is -0.147. The monoisotopic (exact) mass is 253 g/mol. The molecular weight excluding hydrogens is 230 g/mol. The average molecular weight is 253 g/mol. The number of esters is 1. The first-order valence-electron chi connectivity index (χ1n) is 6.09. The standard InChI is InChI=1S/C14H23NO3/c1-10-7-8-11(18-10)13(2,3)9-15-14(4,5)12(16)17-6/h7-8,15H,9H2,1-6H3. The van der Waals surface area contributed by atoms with Crippen molar-refractivity contribution < 1.29 is 13.9 Å². The first-order chi connectivity index (χ1) is 8.19. The Balaban J connectivity index is 2.70. The summed E-state index contributed by atoms with van der Waals surface area (Å²) in [5, 5.41) is 3.22. The quantitative estimate of drug-likeness (QED) is 0.819. The number of carbonyl (C=O) groups excluding carboxylic acids is 1. The Morgan fingerprint density at radius 1 is 1.33 bits per heavy atom. The number of methoxy groups -OCH3 is 1. The second-order valence-corrected chi connectivity index (χ2v) is 5.76. The minimum absolute atomic E-state index is 0.181. The zero-order valence-electron chi connectivity index (χ0n) is 12.1. The van der Waals surface area contributed by atoms with Crippen LogP contribution in [0.2, 0.25) is 0 Å². The molecule has 0 fully saturated rings. The Labute approximate surface area is 109 Å². The van der Waals surface area contributed by atoms with Crippen molar-refractivity contribution in [1.29, 1.82) is 0 Å². The lowest BCUT2D eigenvalue weighted by atomic mass is 9.89. The third-order valence-electron chi connectivity index (χ3n) is 3.08. The molecule has 0 aliphatic rings. The molecule has 0 bridgehead atoms. The van der Waals surface area contributed by atoms with Crippen LogP contribution in [-0.4, -0.2) is 25.2 Å². The second-order valence-electron chi connectivity index (χ2n) is 5.76. The molecule has 4 nitrogen and oxygen atoms in total. The van der Waals surface area contributed by atoms with E-state index in [1.807, 2.05) is 32.9 Å². The van der Waals surface area contributed by atoms with Gasteiger partial charge < -0.3 is 14.5 Å². The SMILES string of the molecule is COC(=O)C(C)(C)NCC(C)(C)c1ccc(C)o1. The first-order valence-corrected chi connectivity index (χ1v) is 6.09. The van der Waals surface area contributed by atoms with E-state index in [1.54, 1.807) is 0 Å². The molecule has 0 aliphatic heterocycles. The summed E-state index contributed by atoms with van der Waals surface area (Å²) in [6.07, 6.45) is 0. The number of rotatable bonds is 5. The van der Waals surface area contributed by atoms with Crippen molar-refractivity contribution in [3.05, 3.63) is 23.7 Å². The van der Waals surface area contributed by atoms with Gasteiger partial charge in [-0.05, 0) is 32.9 Å². The van der Waals surface area contributed by atoms with Gasteiger partial charge in [0.05, 0.1) is 7.11 Å². The Hall–Kier alpha value is -1.29. The van der Waals surface area contributed by atoms with Crippen molar-refractivity contribution in [2.45, 2.75) is 45.6 Å². The normalized spacial score (nSPS) is 12.6. The van der Waals surface area contributed by atoms with E-state index in [9.17, 15) is 4.79 Å². The second kappa shape index (κ2) is 5.14. The summed E-state index contributed by atoms with van der Waals surface area (Å²) >= 11 is 0. The molecular formula is C14H23NO3. The van der Waals surface area contributed by atoms with Crippen LogP contribution < -0.4 is 5.32 Å². The van der Waals surface area contributed by atoms with Crippen molar-refractivity contribution >= 4 is 5.97 Å². The van der Waals surface area contributed by atoms with E-state index in [0.717, 1.165) is 11.5 Å². The number of carbonyl (C=O) groups is 1. The van der Waals surface area contributed by atoms with Gasteiger partial charge in [0.2, 0.25) is 0 Å². The van der Waals surface area contributed by atoms with E-state index >= 15 is 0 Å². The number of hydrogen-bond acceptors (Lipinski definition) is 4. The summed E-state index contributed by atoms with van der Waals surface area (Å²) in [4.78, 5) is 11.6. The van der Waals surface area contributed by atoms with Crippen LogP contribution in [-0.2, 0) is 14.9 Å². The number of nitrogens with one attached hydrogen (secondary N) is 1. The minimum Gasteiger partial charge on any atom is -0.468 e. The maximum absolute atomic E-state index is 11.6. The predicted molar refractivity (Wildman–Crippen MR) is 70.6 cm³/mol. The van der Waals surface area contributed by atoms with E-state index in [4.69, 9.17) is 9.15 Å². The summed E-state index contributed by atoms with van der Waals surface area (Å²) in [6.45, 7) is 10.3. The lowest BCUT2D eigenvalue weighted by Gasteiger charge is -2.29. The maximum Gasteiger partial charge on any atom is 0.325 e. The fourth-order valence-corrected chi connectivity index (χ4v) is 1.65. The van der Waals surface area contributed by atoms with Crippen molar-refractivity contribution in [3.8, 4) is 0 Å². The van der Waals surface area contributed by atoms with E-state index in [1.165, 1.54) is 7.11 Å². The molecule has 0 atom stereocenters. The van der Waals surface area contributed by atoms with Crippen LogP contribution in [0.15, 0.2) is 16.5 Å². The molecule has 0 saturated heterocycles. The molecule has 0 aromatic carbocycles. The summed E-state index contributed by atoms with van der Waals surface area (Å²) in [7, 11) is 1.40. The Morgan fingerprint density at radius 2 is 1.94 bits per heavy atom. The summed E-state index contributed by atoms with van der Waals surface area (Å²) in [5.74, 6) is 1.53. The number of furan rings is 1. The summed E-state index contributed by atoms with van der Waals surface area (Å²) in [5.41, 5.74) is -0.882. The molecule has 0 saturated carbocycles. The topological polar surface area (TPSA) is 51.5 Å². The van der Waals surface area contributed by atoms with Crippen LogP contribution in [0, 0.1) is 6.92 Å². The first kappa shape index (κ1) is 14.8. The van der Waals surface area contributed by atoms with E-state index < -0.39 is 5.54 Å². The van der Waals surface area contributed by atoms with Crippen molar-refractivity contribution in [2.75, 3.05) is 13.7 Å². The predicted octanol–water partition coefficient (Wildman–Crippen LogP) is 2.41. The molecule has 102 valence electrons. The van der Waals surface area contributed by atoms with Crippen LogP contribution in [0.25, 0.3) is 0 Å². The van der Waals surface area contributed by atoms with Gasteiger partial charge in [-0.3, -0.25) is 4.79 Å². The third-order valence-corrected chi connectivity index (χ3v) is 3.08. The fourth-order valence-electron chi connectivity index (χ4n) is 1.65. The van der Waals surface area contributed by atoms with Crippen molar-refractivity contribution in [3.63, 3.8) is 0 Å². The summed E-state index contributed by atoms with van der Waals surface area (Å²) in [6, 6.07) is 3.92. The molecule has 1 aromatic heterocycles. The Kier molecular flexibility index (Phi) is 4.22. The zero-order valence-corrected chi connectivity index (χ0v) is 12.1. The van der Waals surface area contributed by atoms with Gasteiger partial charge in [0.15, 0.2) is 0 Å². The van der Waals surface area contributed by atoms with Crippen molar-refractivity contribution in [2.24, 2.45) is 0 Å². The molecule has 18 heavy (non-hydrogen) atoms. The van der Waals surface area contributed by atoms with Crippen LogP contribution >= 0.6 is 0 Å². The average Bonchev–Trinajstić information content (AvgIpc) is 2.73. The van der Waals surface area contributed by atoms with Crippen LogP contribution in [0.4, 0.5) is 0 Å². The highest BCUT2D eigenvalue weighted by Gasteiger charge is 2.32. The number of aryl methyl sites for hydroxylation is 1. The van der Waals surface area contributed by atoms with Gasteiger partial charge in [-0.15, -0.1) is 0 Å². The van der Waals surface area contributed by atoms with Gasteiger partial charge in [-0.1, -0.05) is 13.8 Å². The number of hydrogen-bond donors (Lipinski definition) is 1. The molecule has 0 unspecified atom stereocenters. The van der Waals surface area contributed by atoms with Crippen LogP contribution in [0.5, 0.6) is 0 Å². The number of ether oxygens (including phenoxy) is 1. The molecule has 0 amide bonds. The Morgan fingerprint density at radius 3 is 2.39 bits per heavy atom. The third kappa shape index (κ3) is 3.35. The largest absolute Gasteiger partial charge is 0.468 e. The highest BCUT2D eigenvalue weighted by Crippen LogP contribution is 2.25. The summed E-state index contributed by atoms with van der Waals surface area (Å²) < 4.78 is 10.4. The van der Waals surface area contributed by atoms with E-state index in [0.29, 0.717) is 6.54 Å². The van der Waals surface area contributed by atoms with Gasteiger partial charge in [0.1, 0.15) is 17.1 Å². The molecule has 1 N–H and O–H groups in total. The Bertz CT molecular complexity index is 418. The highest BCUT2D eigenvalue weighted by molar-refractivity contribution is 5.79. The molecule has 4 heteroatoms. The molecule has 0 aliphatic carbocycles. The van der Waals surface area contributed by atoms with Crippen LogP contribution in [0.1, 0.15) is 39.2 Å². The highest BCUT2D eigenvalue weighted by atomic mass is 16.5. The van der Waals surface area contributed by atoms with Gasteiger partial charge in [-0.25, -0.2) is 0 Å². The molecule has 1 heterocycles. The van der Waals surface area contributed by atoms with Gasteiger partial charge in [-0.2, -0.15) is 0 Å². The van der Waals surface area contributed by atoms with Crippen LogP contribution in [0.3, 0.4) is 0 Å². The van der Waals surface area contributed by atoms with Gasteiger partial charge in [0.25, 0.3) is 0 Å². The maximum atomic E-state index is 11.6. The molecule has 0 spiro atoms. The zero-order chi connectivity index (χ0) is 14.0. The minimum atomic E-state index is -0.701. The smallest absolute Gasteiger partial charge is 0.325 e. The van der Waals surface area contributed by atoms with E-state index in [2.05, 4.69) is 19.2 Å². The van der Waals surface area contributed by atoms with Crippen molar-refractivity contribution in [1.82, 2.24) is 5.32 Å². The molecule has 0 radical (unpaired) electrons. The van der Waals surface area contributed by atoms with Gasteiger partial charge in [0, 0.05) is 12.0 Å². The fraction of sp³-hybridized carbons (Fsp3) is 0.643.